The van der Waals surface area contributed by atoms with E-state index in [4.69, 9.17) is 10.5 Å². The topological polar surface area (TPSA) is 55.6 Å². The van der Waals surface area contributed by atoms with Crippen molar-refractivity contribution in [2.45, 2.75) is 52.3 Å². The first-order valence-corrected chi connectivity index (χ1v) is 7.01. The van der Waals surface area contributed by atoms with Gasteiger partial charge in [0.15, 0.2) is 0 Å². The van der Waals surface area contributed by atoms with Gasteiger partial charge in [-0.2, -0.15) is 0 Å². The first-order chi connectivity index (χ1) is 9.19. The van der Waals surface area contributed by atoms with Crippen molar-refractivity contribution in [2.75, 3.05) is 6.54 Å². The zero-order chi connectivity index (χ0) is 15.1. The quantitative estimate of drug-likeness (QED) is 0.858. The molecule has 2 N–H and O–H groups in total. The molecule has 0 saturated carbocycles. The Morgan fingerprint density at radius 1 is 1.35 bits per heavy atom. The Kier molecular flexibility index (Phi) is 3.78. The molecule has 0 bridgehead atoms. The number of amides is 1. The second kappa shape index (κ2) is 5.09. The maximum Gasteiger partial charge on any atom is 0.410 e. The Hall–Kier alpha value is -1.55. The summed E-state index contributed by atoms with van der Waals surface area (Å²) in [6.07, 6.45) is -0.288. The van der Waals surface area contributed by atoms with Crippen LogP contribution in [0.1, 0.15) is 43.5 Å². The van der Waals surface area contributed by atoms with E-state index in [1.165, 1.54) is 11.1 Å². The zero-order valence-electron chi connectivity index (χ0n) is 12.9. The molecule has 2 rings (SSSR count). The summed E-state index contributed by atoms with van der Waals surface area (Å²) >= 11 is 0. The third-order valence-electron chi connectivity index (χ3n) is 3.52. The SMILES string of the molecule is Cc1ccc(C2C(N)CN2C(=O)OC(C)(C)C)c(C)c1. The van der Waals surface area contributed by atoms with Crippen LogP contribution in [-0.2, 0) is 4.74 Å². The highest BCUT2D eigenvalue weighted by atomic mass is 16.6. The number of ether oxygens (including phenoxy) is 1. The molecule has 4 heteroatoms. The van der Waals surface area contributed by atoms with Gasteiger partial charge in [-0.1, -0.05) is 23.8 Å². The monoisotopic (exact) mass is 276 g/mol. The van der Waals surface area contributed by atoms with Gasteiger partial charge in [0.05, 0.1) is 6.04 Å². The van der Waals surface area contributed by atoms with Gasteiger partial charge in [-0.05, 0) is 45.7 Å². The minimum absolute atomic E-state index is 0.0241. The molecule has 1 aliphatic heterocycles. The molecular formula is C16H24N2O2. The predicted octanol–water partition coefficient (Wildman–Crippen LogP) is 2.92. The summed E-state index contributed by atoms with van der Waals surface area (Å²) in [5.74, 6) is 0. The Morgan fingerprint density at radius 2 is 2.00 bits per heavy atom. The van der Waals surface area contributed by atoms with E-state index in [0.29, 0.717) is 6.54 Å². The molecule has 1 saturated heterocycles. The fourth-order valence-electron chi connectivity index (χ4n) is 2.60. The summed E-state index contributed by atoms with van der Waals surface area (Å²) in [6, 6.07) is 6.13. The summed E-state index contributed by atoms with van der Waals surface area (Å²) in [6.45, 7) is 10.3. The van der Waals surface area contributed by atoms with Crippen LogP contribution in [0.4, 0.5) is 4.79 Å². The van der Waals surface area contributed by atoms with Crippen LogP contribution in [-0.4, -0.2) is 29.2 Å². The highest BCUT2D eigenvalue weighted by Gasteiger charge is 2.43. The van der Waals surface area contributed by atoms with Crippen molar-refractivity contribution in [3.63, 3.8) is 0 Å². The Morgan fingerprint density at radius 3 is 2.50 bits per heavy atom. The maximum atomic E-state index is 12.2. The van der Waals surface area contributed by atoms with E-state index < -0.39 is 5.60 Å². The van der Waals surface area contributed by atoms with Gasteiger partial charge in [0.1, 0.15) is 5.60 Å². The van der Waals surface area contributed by atoms with E-state index in [9.17, 15) is 4.79 Å². The molecule has 20 heavy (non-hydrogen) atoms. The van der Waals surface area contributed by atoms with Crippen LogP contribution in [0, 0.1) is 13.8 Å². The fourth-order valence-corrected chi connectivity index (χ4v) is 2.60. The fraction of sp³-hybridized carbons (Fsp3) is 0.562. The lowest BCUT2D eigenvalue weighted by molar-refractivity contribution is -0.0135. The second-order valence-electron chi connectivity index (χ2n) is 6.60. The molecule has 4 nitrogen and oxygen atoms in total. The molecule has 1 aliphatic rings. The number of hydrogen-bond acceptors (Lipinski definition) is 3. The number of benzene rings is 1. The van der Waals surface area contributed by atoms with Crippen molar-refractivity contribution in [3.05, 3.63) is 34.9 Å². The smallest absolute Gasteiger partial charge is 0.410 e. The molecule has 1 heterocycles. The van der Waals surface area contributed by atoms with Crippen LogP contribution in [0.2, 0.25) is 0 Å². The molecule has 110 valence electrons. The van der Waals surface area contributed by atoms with Crippen molar-refractivity contribution in [1.82, 2.24) is 4.90 Å². The molecule has 0 radical (unpaired) electrons. The van der Waals surface area contributed by atoms with Gasteiger partial charge in [-0.25, -0.2) is 4.79 Å². The largest absolute Gasteiger partial charge is 0.444 e. The first-order valence-electron chi connectivity index (χ1n) is 7.01. The third-order valence-corrected chi connectivity index (χ3v) is 3.52. The average Bonchev–Trinajstić information content (AvgIpc) is 2.27. The lowest BCUT2D eigenvalue weighted by Crippen LogP contribution is -2.61. The number of carbonyl (C=O) groups excluding carboxylic acids is 1. The molecule has 2 atom stereocenters. The number of hydrogen-bond donors (Lipinski definition) is 1. The lowest BCUT2D eigenvalue weighted by Gasteiger charge is -2.47. The van der Waals surface area contributed by atoms with Crippen molar-refractivity contribution in [3.8, 4) is 0 Å². The van der Waals surface area contributed by atoms with Gasteiger partial charge in [0.2, 0.25) is 0 Å². The highest BCUT2D eigenvalue weighted by molar-refractivity contribution is 5.70. The Balaban J connectivity index is 2.20. The molecule has 1 aromatic rings. The molecule has 0 spiro atoms. The summed E-state index contributed by atoms with van der Waals surface area (Å²) in [4.78, 5) is 13.9. The molecule has 1 fully saturated rings. The molecule has 2 unspecified atom stereocenters. The summed E-state index contributed by atoms with van der Waals surface area (Å²) < 4.78 is 5.44. The number of likely N-dealkylation sites (tertiary alicyclic amines) is 1. The van der Waals surface area contributed by atoms with E-state index in [2.05, 4.69) is 32.0 Å². The normalized spacial score (nSPS) is 22.4. The summed E-state index contributed by atoms with van der Waals surface area (Å²) in [5, 5.41) is 0. The predicted molar refractivity (Wildman–Crippen MR) is 79.6 cm³/mol. The molecule has 0 aromatic heterocycles. The van der Waals surface area contributed by atoms with E-state index >= 15 is 0 Å². The van der Waals surface area contributed by atoms with Gasteiger partial charge in [-0.15, -0.1) is 0 Å². The number of nitrogens with zero attached hydrogens (tertiary/aromatic N) is 1. The van der Waals surface area contributed by atoms with Crippen LogP contribution in [0.5, 0.6) is 0 Å². The van der Waals surface area contributed by atoms with Gasteiger partial charge in [-0.3, -0.25) is 4.90 Å². The van der Waals surface area contributed by atoms with Crippen molar-refractivity contribution in [2.24, 2.45) is 5.73 Å². The standard InChI is InChI=1S/C16H24N2O2/c1-10-6-7-12(11(2)8-10)14-13(17)9-18(14)15(19)20-16(3,4)5/h6-8,13-14H,9,17H2,1-5H3. The Labute approximate surface area is 120 Å². The van der Waals surface area contributed by atoms with Crippen molar-refractivity contribution < 1.29 is 9.53 Å². The van der Waals surface area contributed by atoms with E-state index in [-0.39, 0.29) is 18.2 Å². The molecule has 1 amide bonds. The molecule has 0 aliphatic carbocycles. The van der Waals surface area contributed by atoms with E-state index in [1.807, 2.05) is 20.8 Å². The Bertz CT molecular complexity index is 520. The van der Waals surface area contributed by atoms with Gasteiger partial charge < -0.3 is 10.5 Å². The third kappa shape index (κ3) is 2.96. The van der Waals surface area contributed by atoms with Crippen LogP contribution in [0.3, 0.4) is 0 Å². The van der Waals surface area contributed by atoms with E-state index in [0.717, 1.165) is 5.56 Å². The van der Waals surface area contributed by atoms with Crippen LogP contribution < -0.4 is 5.73 Å². The maximum absolute atomic E-state index is 12.2. The number of nitrogens with two attached hydrogens (primary N) is 1. The minimum Gasteiger partial charge on any atom is -0.444 e. The summed E-state index contributed by atoms with van der Waals surface area (Å²) in [5.41, 5.74) is 9.11. The van der Waals surface area contributed by atoms with Crippen LogP contribution in [0.25, 0.3) is 0 Å². The van der Waals surface area contributed by atoms with Crippen molar-refractivity contribution in [1.29, 1.82) is 0 Å². The van der Waals surface area contributed by atoms with E-state index in [1.54, 1.807) is 4.90 Å². The number of aryl methyl sites for hydroxylation is 2. The van der Waals surface area contributed by atoms with Crippen LogP contribution in [0.15, 0.2) is 18.2 Å². The van der Waals surface area contributed by atoms with Crippen LogP contribution >= 0.6 is 0 Å². The van der Waals surface area contributed by atoms with Gasteiger partial charge >= 0.3 is 6.09 Å². The lowest BCUT2D eigenvalue weighted by atomic mass is 9.87. The first kappa shape index (κ1) is 14.9. The number of rotatable bonds is 1. The number of carbonyl (C=O) groups is 1. The molecular weight excluding hydrogens is 252 g/mol. The van der Waals surface area contributed by atoms with Gasteiger partial charge in [0.25, 0.3) is 0 Å². The average molecular weight is 276 g/mol. The highest BCUT2D eigenvalue weighted by Crippen LogP contribution is 2.35. The minimum atomic E-state index is -0.483. The van der Waals surface area contributed by atoms with Gasteiger partial charge in [0, 0.05) is 12.6 Å². The second-order valence-corrected chi connectivity index (χ2v) is 6.60. The summed E-state index contributed by atoms with van der Waals surface area (Å²) in [7, 11) is 0. The zero-order valence-corrected chi connectivity index (χ0v) is 12.9. The van der Waals surface area contributed by atoms with Crippen molar-refractivity contribution >= 4 is 6.09 Å². The molecule has 1 aromatic carbocycles.